The van der Waals surface area contributed by atoms with Gasteiger partial charge in [0, 0.05) is 12.4 Å². The number of amides is 4. The fourth-order valence-corrected chi connectivity index (χ4v) is 3.13. The van der Waals surface area contributed by atoms with E-state index in [9.17, 15) is 14.4 Å². The number of aromatic nitrogens is 1. The monoisotopic (exact) mass is 287 g/mol. The molecule has 6 nitrogen and oxygen atoms in total. The number of rotatable bonds is 2. The molecule has 6 heteroatoms. The van der Waals surface area contributed by atoms with Crippen LogP contribution in [0.4, 0.5) is 4.79 Å². The van der Waals surface area contributed by atoms with E-state index in [2.05, 4.69) is 10.3 Å². The van der Waals surface area contributed by atoms with Crippen LogP contribution in [-0.2, 0) is 16.1 Å². The molecule has 2 aliphatic rings. The summed E-state index contributed by atoms with van der Waals surface area (Å²) in [5.74, 6) is -0.800. The van der Waals surface area contributed by atoms with Crippen LogP contribution in [0.2, 0.25) is 0 Å². The summed E-state index contributed by atoms with van der Waals surface area (Å²) in [6, 6.07) is 1.20. The van der Waals surface area contributed by atoms with E-state index in [0.717, 1.165) is 28.9 Å². The zero-order valence-corrected chi connectivity index (χ0v) is 11.9. The molecule has 0 atom stereocenters. The zero-order valence-electron chi connectivity index (χ0n) is 11.9. The van der Waals surface area contributed by atoms with Gasteiger partial charge in [0.2, 0.25) is 11.8 Å². The number of carbonyl (C=O) groups excluding carboxylic acids is 3. The molecule has 0 radical (unpaired) electrons. The van der Waals surface area contributed by atoms with Gasteiger partial charge in [0.25, 0.3) is 0 Å². The molecule has 0 bridgehead atoms. The summed E-state index contributed by atoms with van der Waals surface area (Å²) in [6.07, 6.45) is 6.04. The van der Waals surface area contributed by atoms with Gasteiger partial charge >= 0.3 is 6.03 Å². The third-order valence-corrected chi connectivity index (χ3v) is 4.49. The number of hydrogen-bond donors (Lipinski definition) is 1. The van der Waals surface area contributed by atoms with Crippen LogP contribution in [0.25, 0.3) is 0 Å². The fraction of sp³-hybridized carbons (Fsp3) is 0.467. The lowest BCUT2D eigenvalue weighted by molar-refractivity contribution is -0.151. The maximum absolute atomic E-state index is 12.7. The van der Waals surface area contributed by atoms with Crippen LogP contribution in [0.15, 0.2) is 18.5 Å². The normalized spacial score (nSPS) is 21.0. The quantitative estimate of drug-likeness (QED) is 0.837. The Morgan fingerprint density at radius 3 is 2.67 bits per heavy atom. The van der Waals surface area contributed by atoms with Gasteiger partial charge in [0.05, 0.1) is 6.54 Å². The molecule has 0 unspecified atom stereocenters. The number of hydrogen-bond acceptors (Lipinski definition) is 4. The van der Waals surface area contributed by atoms with E-state index in [1.165, 1.54) is 0 Å². The number of carbonyl (C=O) groups is 3. The van der Waals surface area contributed by atoms with E-state index < -0.39 is 17.4 Å². The lowest BCUT2D eigenvalue weighted by Gasteiger charge is -2.36. The summed E-state index contributed by atoms with van der Waals surface area (Å²) in [5.41, 5.74) is 0.732. The van der Waals surface area contributed by atoms with E-state index >= 15 is 0 Å². The third kappa shape index (κ3) is 2.11. The molecule has 1 aliphatic heterocycles. The highest BCUT2D eigenvalue weighted by Gasteiger charge is 2.54. The first-order valence-corrected chi connectivity index (χ1v) is 7.11. The van der Waals surface area contributed by atoms with Crippen molar-refractivity contribution in [2.75, 3.05) is 0 Å². The van der Waals surface area contributed by atoms with Gasteiger partial charge in [-0.3, -0.25) is 24.8 Å². The molecular formula is C15H17N3O3. The number of nitrogens with zero attached hydrogens (tertiary/aromatic N) is 2. The largest absolute Gasteiger partial charge is 0.331 e. The second-order valence-electron chi connectivity index (χ2n) is 5.74. The van der Waals surface area contributed by atoms with Crippen LogP contribution in [0.3, 0.4) is 0 Å². The fourth-order valence-electron chi connectivity index (χ4n) is 3.13. The summed E-state index contributed by atoms with van der Waals surface area (Å²) in [6.45, 7) is 2.05. The number of pyridine rings is 1. The smallest absolute Gasteiger partial charge is 0.277 e. The second kappa shape index (κ2) is 4.95. The Hall–Kier alpha value is -2.24. The van der Waals surface area contributed by atoms with Crippen LogP contribution < -0.4 is 5.32 Å². The maximum Gasteiger partial charge on any atom is 0.331 e. The number of urea groups is 1. The van der Waals surface area contributed by atoms with Crippen molar-refractivity contribution < 1.29 is 14.4 Å². The minimum absolute atomic E-state index is 0.152. The second-order valence-corrected chi connectivity index (χ2v) is 5.74. The molecular weight excluding hydrogens is 270 g/mol. The topological polar surface area (TPSA) is 79.4 Å². The van der Waals surface area contributed by atoms with Crippen LogP contribution in [0.5, 0.6) is 0 Å². The van der Waals surface area contributed by atoms with Gasteiger partial charge in [-0.2, -0.15) is 0 Å². The number of imide groups is 2. The number of aryl methyl sites for hydroxylation is 1. The average molecular weight is 287 g/mol. The van der Waals surface area contributed by atoms with Crippen LogP contribution in [-0.4, -0.2) is 27.7 Å². The van der Waals surface area contributed by atoms with E-state index in [1.54, 1.807) is 12.4 Å². The minimum atomic E-state index is -1.04. The Kier molecular flexibility index (Phi) is 3.23. The van der Waals surface area contributed by atoms with Crippen molar-refractivity contribution in [3.8, 4) is 0 Å². The van der Waals surface area contributed by atoms with Crippen LogP contribution in [0, 0.1) is 12.3 Å². The molecule has 1 aliphatic carbocycles. The Morgan fingerprint density at radius 2 is 2.00 bits per heavy atom. The molecule has 3 rings (SSSR count). The summed E-state index contributed by atoms with van der Waals surface area (Å²) >= 11 is 0. The van der Waals surface area contributed by atoms with Crippen molar-refractivity contribution in [2.24, 2.45) is 5.41 Å². The van der Waals surface area contributed by atoms with E-state index in [4.69, 9.17) is 0 Å². The summed E-state index contributed by atoms with van der Waals surface area (Å²) in [7, 11) is 0. The molecule has 1 saturated heterocycles. The Bertz CT molecular complexity index is 620. The van der Waals surface area contributed by atoms with E-state index in [0.29, 0.717) is 12.8 Å². The standard InChI is InChI=1S/C15H17N3O3/c1-10-4-7-16-8-11(10)9-18-13(20)15(5-2-3-6-15)12(19)17-14(18)21/h4,7-8H,2-3,5-6,9H2,1H3,(H,17,19,21). The van der Waals surface area contributed by atoms with Crippen molar-refractivity contribution in [3.63, 3.8) is 0 Å². The predicted octanol–water partition coefficient (Wildman–Crippen LogP) is 1.53. The summed E-state index contributed by atoms with van der Waals surface area (Å²) in [4.78, 5) is 42.0. The Labute approximate surface area is 122 Å². The average Bonchev–Trinajstić information content (AvgIpc) is 2.95. The van der Waals surface area contributed by atoms with Gasteiger partial charge in [0.1, 0.15) is 5.41 Å². The molecule has 2 fully saturated rings. The lowest BCUT2D eigenvalue weighted by atomic mass is 9.82. The first kappa shape index (κ1) is 13.7. The minimum Gasteiger partial charge on any atom is -0.277 e. The molecule has 2 heterocycles. The van der Waals surface area contributed by atoms with Gasteiger partial charge in [0.15, 0.2) is 0 Å². The first-order valence-electron chi connectivity index (χ1n) is 7.11. The summed E-state index contributed by atoms with van der Waals surface area (Å²) in [5, 5.41) is 2.34. The molecule has 1 saturated carbocycles. The van der Waals surface area contributed by atoms with Crippen LogP contribution >= 0.6 is 0 Å². The van der Waals surface area contributed by atoms with Gasteiger partial charge in [-0.1, -0.05) is 12.8 Å². The number of barbiturate groups is 1. The Balaban J connectivity index is 1.91. The predicted molar refractivity (Wildman–Crippen MR) is 74.0 cm³/mol. The van der Waals surface area contributed by atoms with Crippen molar-refractivity contribution in [3.05, 3.63) is 29.6 Å². The van der Waals surface area contributed by atoms with Gasteiger partial charge in [-0.25, -0.2) is 4.79 Å². The molecule has 4 amide bonds. The maximum atomic E-state index is 12.7. The summed E-state index contributed by atoms with van der Waals surface area (Å²) < 4.78 is 0. The molecule has 1 aromatic rings. The highest BCUT2D eigenvalue weighted by atomic mass is 16.2. The number of nitrogens with one attached hydrogen (secondary N) is 1. The molecule has 1 aromatic heterocycles. The Morgan fingerprint density at radius 1 is 1.29 bits per heavy atom. The zero-order chi connectivity index (χ0) is 15.0. The van der Waals surface area contributed by atoms with Gasteiger partial charge in [-0.15, -0.1) is 0 Å². The molecule has 1 N–H and O–H groups in total. The van der Waals surface area contributed by atoms with Crippen LogP contribution in [0.1, 0.15) is 36.8 Å². The van der Waals surface area contributed by atoms with Crippen molar-refractivity contribution in [1.82, 2.24) is 15.2 Å². The third-order valence-electron chi connectivity index (χ3n) is 4.49. The molecule has 110 valence electrons. The van der Waals surface area contributed by atoms with Crippen molar-refractivity contribution in [2.45, 2.75) is 39.2 Å². The highest BCUT2D eigenvalue weighted by molar-refractivity contribution is 6.19. The van der Waals surface area contributed by atoms with Crippen molar-refractivity contribution >= 4 is 17.8 Å². The lowest BCUT2D eigenvalue weighted by Crippen LogP contribution is -2.62. The van der Waals surface area contributed by atoms with E-state index in [-0.39, 0.29) is 12.5 Å². The SMILES string of the molecule is Cc1ccncc1CN1C(=O)NC(=O)C2(CCCC2)C1=O. The van der Waals surface area contributed by atoms with Gasteiger partial charge in [-0.05, 0) is 37.0 Å². The van der Waals surface area contributed by atoms with Gasteiger partial charge < -0.3 is 0 Å². The molecule has 1 spiro atoms. The highest BCUT2D eigenvalue weighted by Crippen LogP contribution is 2.42. The first-order chi connectivity index (χ1) is 10.0. The van der Waals surface area contributed by atoms with Crippen molar-refractivity contribution in [1.29, 1.82) is 0 Å². The molecule has 0 aromatic carbocycles. The molecule has 21 heavy (non-hydrogen) atoms. The van der Waals surface area contributed by atoms with E-state index in [1.807, 2.05) is 13.0 Å².